The van der Waals surface area contributed by atoms with Crippen molar-refractivity contribution in [3.63, 3.8) is 0 Å². The largest absolute Gasteiger partial charge is 0.299 e. The topological polar surface area (TPSA) is 17.1 Å². The minimum Gasteiger partial charge on any atom is -0.299 e. The molecular weight excluding hydrogens is 220 g/mol. The fraction of sp³-hybridized carbons (Fsp3) is 0.500. The monoisotopic (exact) mass is 236 g/mol. The van der Waals surface area contributed by atoms with Gasteiger partial charge in [-0.25, -0.2) is 0 Å². The molecule has 0 saturated heterocycles. The standard InChI is InChI=1S/C14H17ClO/c1-10(2)13(16)9-14(6-7-14)11-4-3-5-12(15)8-11/h3-5,8,10H,6-7,9H2,1-2H3. The second kappa shape index (κ2) is 4.21. The van der Waals surface area contributed by atoms with Crippen molar-refractivity contribution in [3.05, 3.63) is 34.9 Å². The number of benzene rings is 1. The Balaban J connectivity index is 2.17. The number of ketones is 1. The van der Waals surface area contributed by atoms with Gasteiger partial charge in [-0.2, -0.15) is 0 Å². The third-order valence-corrected chi connectivity index (χ3v) is 3.68. The van der Waals surface area contributed by atoms with Crippen molar-refractivity contribution in [2.24, 2.45) is 5.92 Å². The van der Waals surface area contributed by atoms with Gasteiger partial charge in [0.1, 0.15) is 5.78 Å². The average molecular weight is 237 g/mol. The minimum absolute atomic E-state index is 0.103. The van der Waals surface area contributed by atoms with Crippen LogP contribution < -0.4 is 0 Å². The number of carbonyl (C=O) groups is 1. The number of hydrogen-bond acceptors (Lipinski definition) is 1. The first-order valence-corrected chi connectivity index (χ1v) is 6.20. The Labute approximate surface area is 102 Å². The minimum atomic E-state index is 0.103. The highest BCUT2D eigenvalue weighted by Gasteiger charge is 2.45. The maximum absolute atomic E-state index is 11.8. The average Bonchev–Trinajstić information content (AvgIpc) is 2.99. The summed E-state index contributed by atoms with van der Waals surface area (Å²) < 4.78 is 0. The maximum Gasteiger partial charge on any atom is 0.136 e. The fourth-order valence-electron chi connectivity index (χ4n) is 2.07. The van der Waals surface area contributed by atoms with E-state index in [-0.39, 0.29) is 11.3 Å². The van der Waals surface area contributed by atoms with Gasteiger partial charge in [-0.15, -0.1) is 0 Å². The van der Waals surface area contributed by atoms with E-state index >= 15 is 0 Å². The maximum atomic E-state index is 11.8. The van der Waals surface area contributed by atoms with Crippen LogP contribution in [0.4, 0.5) is 0 Å². The molecule has 0 unspecified atom stereocenters. The number of carbonyl (C=O) groups excluding carboxylic acids is 1. The molecule has 1 fully saturated rings. The highest BCUT2D eigenvalue weighted by molar-refractivity contribution is 6.30. The zero-order valence-corrected chi connectivity index (χ0v) is 10.6. The summed E-state index contributed by atoms with van der Waals surface area (Å²) >= 11 is 5.99. The van der Waals surface area contributed by atoms with Crippen LogP contribution in [-0.2, 0) is 10.2 Å². The van der Waals surface area contributed by atoms with Gasteiger partial charge >= 0.3 is 0 Å². The summed E-state index contributed by atoms with van der Waals surface area (Å²) in [5.41, 5.74) is 1.33. The van der Waals surface area contributed by atoms with Gasteiger partial charge in [0.15, 0.2) is 0 Å². The molecule has 1 nitrogen and oxygen atoms in total. The second-order valence-corrected chi connectivity index (χ2v) is 5.52. The molecule has 0 bridgehead atoms. The Morgan fingerprint density at radius 1 is 1.44 bits per heavy atom. The molecule has 0 aliphatic heterocycles. The van der Waals surface area contributed by atoms with Crippen LogP contribution in [0.25, 0.3) is 0 Å². The Kier molecular flexibility index (Phi) is 3.07. The third kappa shape index (κ3) is 2.30. The first-order chi connectivity index (χ1) is 7.53. The molecule has 0 aromatic heterocycles. The molecule has 2 heteroatoms. The van der Waals surface area contributed by atoms with Crippen LogP contribution in [0.5, 0.6) is 0 Å². The number of hydrogen-bond donors (Lipinski definition) is 0. The van der Waals surface area contributed by atoms with Gasteiger partial charge < -0.3 is 0 Å². The molecule has 86 valence electrons. The van der Waals surface area contributed by atoms with E-state index < -0.39 is 0 Å². The molecule has 1 saturated carbocycles. The van der Waals surface area contributed by atoms with Crippen molar-refractivity contribution in [1.82, 2.24) is 0 Å². The van der Waals surface area contributed by atoms with Gasteiger partial charge in [-0.3, -0.25) is 4.79 Å². The zero-order chi connectivity index (χ0) is 11.8. The summed E-state index contributed by atoms with van der Waals surface area (Å²) in [6.45, 7) is 3.94. The van der Waals surface area contributed by atoms with Crippen molar-refractivity contribution < 1.29 is 4.79 Å². The lowest BCUT2D eigenvalue weighted by molar-refractivity contribution is -0.122. The van der Waals surface area contributed by atoms with Crippen molar-refractivity contribution in [1.29, 1.82) is 0 Å². The van der Waals surface area contributed by atoms with Crippen LogP contribution in [0.15, 0.2) is 24.3 Å². The first-order valence-electron chi connectivity index (χ1n) is 5.82. The molecule has 0 heterocycles. The molecule has 16 heavy (non-hydrogen) atoms. The van der Waals surface area contributed by atoms with E-state index in [9.17, 15) is 4.79 Å². The molecular formula is C14H17ClO. The van der Waals surface area contributed by atoms with Crippen LogP contribution in [-0.4, -0.2) is 5.78 Å². The molecule has 0 amide bonds. The fourth-order valence-corrected chi connectivity index (χ4v) is 2.26. The van der Waals surface area contributed by atoms with Crippen LogP contribution in [0.3, 0.4) is 0 Å². The highest BCUT2D eigenvalue weighted by atomic mass is 35.5. The molecule has 1 aromatic carbocycles. The second-order valence-electron chi connectivity index (χ2n) is 5.09. The molecule has 0 atom stereocenters. The predicted octanol–water partition coefficient (Wildman–Crippen LogP) is 3.99. The smallest absolute Gasteiger partial charge is 0.136 e. The lowest BCUT2D eigenvalue weighted by Crippen LogP contribution is -2.17. The van der Waals surface area contributed by atoms with E-state index in [1.165, 1.54) is 5.56 Å². The van der Waals surface area contributed by atoms with E-state index in [0.717, 1.165) is 17.9 Å². The Bertz CT molecular complexity index is 405. The molecule has 0 N–H and O–H groups in total. The SMILES string of the molecule is CC(C)C(=O)CC1(c2cccc(Cl)c2)CC1. The molecule has 0 radical (unpaired) electrons. The van der Waals surface area contributed by atoms with E-state index in [0.29, 0.717) is 12.2 Å². The Morgan fingerprint density at radius 2 is 2.12 bits per heavy atom. The molecule has 1 aromatic rings. The van der Waals surface area contributed by atoms with Gasteiger partial charge in [-0.1, -0.05) is 37.6 Å². The summed E-state index contributed by atoms with van der Waals surface area (Å²) in [5, 5.41) is 0.765. The lowest BCUT2D eigenvalue weighted by Gasteiger charge is -2.16. The molecule has 0 spiro atoms. The first kappa shape index (κ1) is 11.7. The van der Waals surface area contributed by atoms with Crippen LogP contribution >= 0.6 is 11.6 Å². The van der Waals surface area contributed by atoms with Gasteiger partial charge in [0.2, 0.25) is 0 Å². The summed E-state index contributed by atoms with van der Waals surface area (Å²) in [5.74, 6) is 0.495. The normalized spacial score (nSPS) is 17.5. The Morgan fingerprint density at radius 3 is 2.62 bits per heavy atom. The predicted molar refractivity (Wildman–Crippen MR) is 66.8 cm³/mol. The van der Waals surface area contributed by atoms with Crippen molar-refractivity contribution in [3.8, 4) is 0 Å². The lowest BCUT2D eigenvalue weighted by atomic mass is 9.88. The van der Waals surface area contributed by atoms with Gasteiger partial charge in [0.25, 0.3) is 0 Å². The van der Waals surface area contributed by atoms with Crippen molar-refractivity contribution >= 4 is 17.4 Å². The van der Waals surface area contributed by atoms with Crippen molar-refractivity contribution in [2.45, 2.75) is 38.5 Å². The van der Waals surface area contributed by atoms with Crippen LogP contribution in [0.1, 0.15) is 38.7 Å². The van der Waals surface area contributed by atoms with E-state index in [1.54, 1.807) is 0 Å². The van der Waals surface area contributed by atoms with Crippen molar-refractivity contribution in [2.75, 3.05) is 0 Å². The quantitative estimate of drug-likeness (QED) is 0.773. The summed E-state index contributed by atoms with van der Waals surface area (Å²) in [4.78, 5) is 11.8. The number of Topliss-reactive ketones (excluding diaryl/α,β-unsaturated/α-hetero) is 1. The van der Waals surface area contributed by atoms with Gasteiger partial charge in [0, 0.05) is 22.8 Å². The summed E-state index contributed by atoms with van der Waals surface area (Å²) in [6.07, 6.45) is 2.91. The van der Waals surface area contributed by atoms with E-state index in [4.69, 9.17) is 11.6 Å². The van der Waals surface area contributed by atoms with Crippen LogP contribution in [0, 0.1) is 5.92 Å². The van der Waals surface area contributed by atoms with Gasteiger partial charge in [0.05, 0.1) is 0 Å². The third-order valence-electron chi connectivity index (χ3n) is 3.45. The molecule has 1 aliphatic rings. The van der Waals surface area contributed by atoms with E-state index in [1.807, 2.05) is 32.0 Å². The summed E-state index contributed by atoms with van der Waals surface area (Å²) in [7, 11) is 0. The van der Waals surface area contributed by atoms with Gasteiger partial charge in [-0.05, 0) is 30.5 Å². The summed E-state index contributed by atoms with van der Waals surface area (Å²) in [6, 6.07) is 7.94. The zero-order valence-electron chi connectivity index (χ0n) is 9.79. The number of rotatable bonds is 4. The molecule has 2 rings (SSSR count). The Hall–Kier alpha value is -0.820. The highest BCUT2D eigenvalue weighted by Crippen LogP contribution is 2.51. The number of halogens is 1. The van der Waals surface area contributed by atoms with E-state index in [2.05, 4.69) is 6.07 Å². The molecule has 1 aliphatic carbocycles. The van der Waals surface area contributed by atoms with Crippen LogP contribution in [0.2, 0.25) is 5.02 Å².